The lowest BCUT2D eigenvalue weighted by atomic mass is 10.1. The van der Waals surface area contributed by atoms with E-state index in [2.05, 4.69) is 24.5 Å². The minimum absolute atomic E-state index is 0.0663. The van der Waals surface area contributed by atoms with Gasteiger partial charge in [0.1, 0.15) is 11.3 Å². The van der Waals surface area contributed by atoms with Gasteiger partial charge in [0.05, 0.1) is 7.11 Å². The zero-order valence-corrected chi connectivity index (χ0v) is 12.6. The highest BCUT2D eigenvalue weighted by molar-refractivity contribution is 5.94. The summed E-state index contributed by atoms with van der Waals surface area (Å²) in [5.74, 6) is -0.947. The van der Waals surface area contributed by atoms with Gasteiger partial charge in [0.25, 0.3) is 0 Å². The summed E-state index contributed by atoms with van der Waals surface area (Å²) in [7, 11) is 1.39. The molecule has 116 valence electrons. The third-order valence-electron chi connectivity index (χ3n) is 2.85. The maximum atomic E-state index is 11.8. The molecule has 1 amide bonds. The van der Waals surface area contributed by atoms with E-state index in [-0.39, 0.29) is 17.2 Å². The third kappa shape index (κ3) is 5.83. The van der Waals surface area contributed by atoms with E-state index < -0.39 is 5.97 Å². The predicted octanol–water partition coefficient (Wildman–Crippen LogP) is 2.11. The van der Waals surface area contributed by atoms with Crippen molar-refractivity contribution in [3.63, 3.8) is 0 Å². The quantitative estimate of drug-likeness (QED) is 0.639. The van der Waals surface area contributed by atoms with Gasteiger partial charge in [0, 0.05) is 24.2 Å². The van der Waals surface area contributed by atoms with E-state index in [0.29, 0.717) is 18.2 Å². The first-order chi connectivity index (χ1) is 9.93. The Morgan fingerprint density at radius 3 is 2.62 bits per heavy atom. The Morgan fingerprint density at radius 1 is 1.33 bits per heavy atom. The van der Waals surface area contributed by atoms with Crippen molar-refractivity contribution in [1.29, 1.82) is 0 Å². The van der Waals surface area contributed by atoms with Crippen LogP contribution in [0, 0.1) is 0 Å². The van der Waals surface area contributed by atoms with Crippen molar-refractivity contribution < 1.29 is 19.4 Å². The highest BCUT2D eigenvalue weighted by Gasteiger charge is 2.12. The van der Waals surface area contributed by atoms with Gasteiger partial charge in [-0.25, -0.2) is 4.79 Å². The second-order valence-corrected chi connectivity index (χ2v) is 4.98. The number of carboxylic acids is 1. The van der Waals surface area contributed by atoms with Crippen molar-refractivity contribution in [2.45, 2.75) is 32.7 Å². The zero-order valence-electron chi connectivity index (χ0n) is 12.6. The molecule has 6 heteroatoms. The molecular weight excluding hydrogens is 272 g/mol. The Morgan fingerprint density at radius 2 is 2.05 bits per heavy atom. The summed E-state index contributed by atoms with van der Waals surface area (Å²) < 4.78 is 5.01. The number of carboxylic acid groups (broad SMARTS) is 1. The molecule has 0 unspecified atom stereocenters. The van der Waals surface area contributed by atoms with Gasteiger partial charge in [-0.15, -0.1) is 0 Å². The fourth-order valence-corrected chi connectivity index (χ4v) is 1.81. The van der Waals surface area contributed by atoms with Gasteiger partial charge in [-0.3, -0.25) is 4.79 Å². The number of amides is 1. The molecule has 1 aromatic rings. The van der Waals surface area contributed by atoms with Crippen LogP contribution in [0.15, 0.2) is 18.2 Å². The molecule has 0 heterocycles. The molecule has 0 fully saturated rings. The van der Waals surface area contributed by atoms with Crippen LogP contribution >= 0.6 is 0 Å². The summed E-state index contributed by atoms with van der Waals surface area (Å²) in [4.78, 5) is 22.7. The van der Waals surface area contributed by atoms with Crippen molar-refractivity contribution in [2.75, 3.05) is 19.0 Å². The lowest BCUT2D eigenvalue weighted by Crippen LogP contribution is -2.24. The molecular formula is C15H22N2O4. The minimum atomic E-state index is -1.07. The van der Waals surface area contributed by atoms with Crippen molar-refractivity contribution >= 4 is 17.6 Å². The number of rotatable bonds is 8. The van der Waals surface area contributed by atoms with Crippen LogP contribution in [0.2, 0.25) is 0 Å². The van der Waals surface area contributed by atoms with Gasteiger partial charge < -0.3 is 20.5 Å². The van der Waals surface area contributed by atoms with E-state index in [1.807, 2.05) is 0 Å². The molecule has 0 aliphatic carbocycles. The number of carbonyl (C=O) groups is 2. The molecule has 0 spiro atoms. The number of nitrogens with one attached hydrogen (secondary N) is 2. The SMILES string of the molecule is COc1cc(NC(=O)CCCNC(C)C)ccc1C(=O)O. The summed E-state index contributed by atoms with van der Waals surface area (Å²) in [5.41, 5.74) is 0.593. The Kier molecular flexibility index (Phi) is 6.68. The number of hydrogen-bond donors (Lipinski definition) is 3. The number of ether oxygens (including phenoxy) is 1. The maximum Gasteiger partial charge on any atom is 0.339 e. The van der Waals surface area contributed by atoms with E-state index in [4.69, 9.17) is 9.84 Å². The number of aromatic carboxylic acids is 1. The molecule has 0 radical (unpaired) electrons. The summed E-state index contributed by atoms with van der Waals surface area (Å²) in [6.45, 7) is 4.89. The molecule has 0 bridgehead atoms. The van der Waals surface area contributed by atoms with Gasteiger partial charge >= 0.3 is 5.97 Å². The molecule has 0 saturated heterocycles. The monoisotopic (exact) mass is 294 g/mol. The predicted molar refractivity (Wildman–Crippen MR) is 81.0 cm³/mol. The normalized spacial score (nSPS) is 10.5. The maximum absolute atomic E-state index is 11.8. The van der Waals surface area contributed by atoms with Crippen LogP contribution in [0.4, 0.5) is 5.69 Å². The summed E-state index contributed by atoms with van der Waals surface area (Å²) in [6, 6.07) is 4.88. The van der Waals surface area contributed by atoms with Crippen LogP contribution in [0.25, 0.3) is 0 Å². The molecule has 3 N–H and O–H groups in total. The molecule has 21 heavy (non-hydrogen) atoms. The van der Waals surface area contributed by atoms with E-state index >= 15 is 0 Å². The number of methoxy groups -OCH3 is 1. The van der Waals surface area contributed by atoms with Gasteiger partial charge in [-0.05, 0) is 25.1 Å². The Hall–Kier alpha value is -2.08. The first-order valence-electron chi connectivity index (χ1n) is 6.88. The second kappa shape index (κ2) is 8.26. The van der Waals surface area contributed by atoms with Crippen LogP contribution < -0.4 is 15.4 Å². The molecule has 0 aliphatic rings. The van der Waals surface area contributed by atoms with E-state index in [1.54, 1.807) is 6.07 Å². The summed E-state index contributed by atoms with van der Waals surface area (Å²) >= 11 is 0. The lowest BCUT2D eigenvalue weighted by molar-refractivity contribution is -0.116. The standard InChI is InChI=1S/C15H22N2O4/c1-10(2)16-8-4-5-14(18)17-11-6-7-12(15(19)20)13(9-11)21-3/h6-7,9-10,16H,4-5,8H2,1-3H3,(H,17,18)(H,19,20). The number of anilines is 1. The largest absolute Gasteiger partial charge is 0.496 e. The summed E-state index contributed by atoms with van der Waals surface area (Å²) in [6.07, 6.45) is 1.15. The fraction of sp³-hybridized carbons (Fsp3) is 0.467. The lowest BCUT2D eigenvalue weighted by Gasteiger charge is -2.10. The first-order valence-corrected chi connectivity index (χ1v) is 6.88. The number of carbonyl (C=O) groups excluding carboxylic acids is 1. The average molecular weight is 294 g/mol. The smallest absolute Gasteiger partial charge is 0.339 e. The van der Waals surface area contributed by atoms with Crippen molar-refractivity contribution in [3.05, 3.63) is 23.8 Å². The first kappa shape index (κ1) is 17.0. The van der Waals surface area contributed by atoms with Crippen LogP contribution in [0.1, 0.15) is 37.0 Å². The number of benzene rings is 1. The second-order valence-electron chi connectivity index (χ2n) is 4.98. The highest BCUT2D eigenvalue weighted by atomic mass is 16.5. The molecule has 1 rings (SSSR count). The fourth-order valence-electron chi connectivity index (χ4n) is 1.81. The van der Waals surface area contributed by atoms with Crippen molar-refractivity contribution in [3.8, 4) is 5.75 Å². The third-order valence-corrected chi connectivity index (χ3v) is 2.85. The highest BCUT2D eigenvalue weighted by Crippen LogP contribution is 2.23. The van der Waals surface area contributed by atoms with Gasteiger partial charge in [-0.2, -0.15) is 0 Å². The molecule has 0 atom stereocenters. The van der Waals surface area contributed by atoms with E-state index in [1.165, 1.54) is 19.2 Å². The molecule has 1 aromatic carbocycles. The number of hydrogen-bond acceptors (Lipinski definition) is 4. The summed E-state index contributed by atoms with van der Waals surface area (Å²) in [5, 5.41) is 15.0. The van der Waals surface area contributed by atoms with Crippen molar-refractivity contribution in [2.24, 2.45) is 0 Å². The molecule has 6 nitrogen and oxygen atoms in total. The molecule has 0 aromatic heterocycles. The molecule has 0 aliphatic heterocycles. The Bertz CT molecular complexity index is 500. The van der Waals surface area contributed by atoms with E-state index in [9.17, 15) is 9.59 Å². The van der Waals surface area contributed by atoms with E-state index in [0.717, 1.165) is 13.0 Å². The zero-order chi connectivity index (χ0) is 15.8. The Labute approximate surface area is 124 Å². The molecule has 0 saturated carbocycles. The van der Waals surface area contributed by atoms with Gasteiger partial charge in [-0.1, -0.05) is 13.8 Å². The van der Waals surface area contributed by atoms with Crippen LogP contribution in [-0.2, 0) is 4.79 Å². The van der Waals surface area contributed by atoms with Crippen LogP contribution in [-0.4, -0.2) is 36.7 Å². The van der Waals surface area contributed by atoms with Gasteiger partial charge in [0.2, 0.25) is 5.91 Å². The van der Waals surface area contributed by atoms with Crippen LogP contribution in [0.5, 0.6) is 5.75 Å². The van der Waals surface area contributed by atoms with Gasteiger partial charge in [0.15, 0.2) is 0 Å². The van der Waals surface area contributed by atoms with Crippen molar-refractivity contribution in [1.82, 2.24) is 5.32 Å². The Balaban J connectivity index is 2.54. The average Bonchev–Trinajstić information content (AvgIpc) is 2.43. The minimum Gasteiger partial charge on any atom is -0.496 e. The topological polar surface area (TPSA) is 87.7 Å². The van der Waals surface area contributed by atoms with Crippen LogP contribution in [0.3, 0.4) is 0 Å².